The summed E-state index contributed by atoms with van der Waals surface area (Å²) in [5.74, 6) is 0.869. The maximum atomic E-state index is 9.77. The third-order valence-corrected chi connectivity index (χ3v) is 2.71. The number of nitrogens with zero attached hydrogens (tertiary/aromatic N) is 1. The molecule has 0 spiro atoms. The SMILES string of the molecule is COc1ccc(/C=C(/C)CN(C)CC(C)(C)O)cc1. The Kier molecular flexibility index (Phi) is 5.58. The molecule has 106 valence electrons. The molecule has 0 saturated carbocycles. The molecule has 1 N–H and O–H groups in total. The van der Waals surface area contributed by atoms with Crippen molar-refractivity contribution in [3.63, 3.8) is 0 Å². The summed E-state index contributed by atoms with van der Waals surface area (Å²) in [6, 6.07) is 8.00. The van der Waals surface area contributed by atoms with Crippen molar-refractivity contribution in [2.45, 2.75) is 26.4 Å². The average Bonchev–Trinajstić information content (AvgIpc) is 2.27. The number of benzene rings is 1. The standard InChI is InChI=1S/C16H25NO2/c1-13(11-17(4)12-16(2,3)18)10-14-6-8-15(19-5)9-7-14/h6-10,18H,11-12H2,1-5H3/b13-10-. The summed E-state index contributed by atoms with van der Waals surface area (Å²) in [5.41, 5.74) is 1.77. The van der Waals surface area contributed by atoms with Gasteiger partial charge in [0.05, 0.1) is 12.7 Å². The fourth-order valence-corrected chi connectivity index (χ4v) is 2.17. The molecule has 3 nitrogen and oxygen atoms in total. The lowest BCUT2D eigenvalue weighted by atomic mass is 10.1. The van der Waals surface area contributed by atoms with E-state index >= 15 is 0 Å². The predicted octanol–water partition coefficient (Wildman–Crippen LogP) is 2.80. The van der Waals surface area contributed by atoms with E-state index in [4.69, 9.17) is 4.74 Å². The van der Waals surface area contributed by atoms with Crippen molar-refractivity contribution in [1.29, 1.82) is 0 Å². The predicted molar refractivity (Wildman–Crippen MR) is 80.4 cm³/mol. The molecule has 0 bridgehead atoms. The number of likely N-dealkylation sites (N-methyl/N-ethyl adjacent to an activating group) is 1. The van der Waals surface area contributed by atoms with E-state index in [2.05, 4.69) is 17.9 Å². The van der Waals surface area contributed by atoms with Crippen molar-refractivity contribution in [3.8, 4) is 5.75 Å². The summed E-state index contributed by atoms with van der Waals surface area (Å²) in [6.07, 6.45) is 2.15. The van der Waals surface area contributed by atoms with Gasteiger partial charge in [-0.1, -0.05) is 23.8 Å². The molecule has 0 unspecified atom stereocenters. The minimum Gasteiger partial charge on any atom is -0.497 e. The van der Waals surface area contributed by atoms with Gasteiger partial charge >= 0.3 is 0 Å². The van der Waals surface area contributed by atoms with E-state index in [1.54, 1.807) is 7.11 Å². The van der Waals surface area contributed by atoms with Crippen LogP contribution in [0.3, 0.4) is 0 Å². The molecule has 0 radical (unpaired) electrons. The van der Waals surface area contributed by atoms with E-state index in [1.807, 2.05) is 45.2 Å². The fourth-order valence-electron chi connectivity index (χ4n) is 2.17. The second kappa shape index (κ2) is 6.73. The van der Waals surface area contributed by atoms with E-state index in [0.717, 1.165) is 17.9 Å². The fraction of sp³-hybridized carbons (Fsp3) is 0.500. The van der Waals surface area contributed by atoms with Gasteiger partial charge in [-0.2, -0.15) is 0 Å². The number of hydrogen-bond acceptors (Lipinski definition) is 3. The van der Waals surface area contributed by atoms with Crippen molar-refractivity contribution in [2.24, 2.45) is 0 Å². The van der Waals surface area contributed by atoms with Crippen LogP contribution in [0.2, 0.25) is 0 Å². The number of ether oxygens (including phenoxy) is 1. The van der Waals surface area contributed by atoms with Crippen molar-refractivity contribution >= 4 is 6.08 Å². The van der Waals surface area contributed by atoms with E-state index in [9.17, 15) is 5.11 Å². The molecule has 1 aromatic rings. The first kappa shape index (κ1) is 15.7. The Morgan fingerprint density at radius 3 is 2.37 bits per heavy atom. The van der Waals surface area contributed by atoms with Crippen molar-refractivity contribution in [2.75, 3.05) is 27.2 Å². The van der Waals surface area contributed by atoms with Crippen LogP contribution in [0.4, 0.5) is 0 Å². The minimum absolute atomic E-state index is 0.654. The highest BCUT2D eigenvalue weighted by Crippen LogP contribution is 2.14. The Bertz CT molecular complexity index is 415. The van der Waals surface area contributed by atoms with E-state index in [0.29, 0.717) is 6.54 Å². The van der Waals surface area contributed by atoms with Crippen molar-refractivity contribution in [1.82, 2.24) is 4.90 Å². The summed E-state index contributed by atoms with van der Waals surface area (Å²) in [7, 11) is 3.69. The number of aliphatic hydroxyl groups is 1. The lowest BCUT2D eigenvalue weighted by Gasteiger charge is -2.25. The highest BCUT2D eigenvalue weighted by molar-refractivity contribution is 5.53. The van der Waals surface area contributed by atoms with E-state index in [-0.39, 0.29) is 0 Å². The van der Waals surface area contributed by atoms with Crippen molar-refractivity contribution < 1.29 is 9.84 Å². The topological polar surface area (TPSA) is 32.7 Å². The minimum atomic E-state index is -0.658. The molecule has 0 saturated heterocycles. The first-order chi connectivity index (χ1) is 8.80. The Hall–Kier alpha value is -1.32. The normalized spacial score (nSPS) is 12.9. The van der Waals surface area contributed by atoms with Crippen LogP contribution in [0.1, 0.15) is 26.3 Å². The van der Waals surface area contributed by atoms with Crippen LogP contribution >= 0.6 is 0 Å². The first-order valence-corrected chi connectivity index (χ1v) is 6.52. The molecule has 0 amide bonds. The Morgan fingerprint density at radius 1 is 1.32 bits per heavy atom. The molecule has 1 rings (SSSR count). The first-order valence-electron chi connectivity index (χ1n) is 6.52. The summed E-state index contributed by atoms with van der Waals surface area (Å²) < 4.78 is 5.14. The van der Waals surface area contributed by atoms with E-state index in [1.165, 1.54) is 5.57 Å². The van der Waals surface area contributed by atoms with Gasteiger partial charge < -0.3 is 9.84 Å². The van der Waals surface area contributed by atoms with Gasteiger partial charge in [0.1, 0.15) is 5.75 Å². The van der Waals surface area contributed by atoms with E-state index < -0.39 is 5.60 Å². The zero-order chi connectivity index (χ0) is 14.5. The average molecular weight is 263 g/mol. The number of rotatable bonds is 6. The monoisotopic (exact) mass is 263 g/mol. The number of methoxy groups -OCH3 is 1. The molecule has 0 aliphatic rings. The highest BCUT2D eigenvalue weighted by Gasteiger charge is 2.15. The quantitative estimate of drug-likeness (QED) is 0.856. The molecule has 3 heteroatoms. The summed E-state index contributed by atoms with van der Waals surface area (Å²) in [4.78, 5) is 2.12. The van der Waals surface area contributed by atoms with Gasteiger partial charge in [-0.05, 0) is 45.5 Å². The van der Waals surface area contributed by atoms with Gasteiger partial charge in [-0.3, -0.25) is 4.90 Å². The molecule has 19 heavy (non-hydrogen) atoms. The molecular formula is C16H25NO2. The van der Waals surface area contributed by atoms with Gasteiger partial charge in [-0.15, -0.1) is 0 Å². The Morgan fingerprint density at radius 2 is 1.89 bits per heavy atom. The van der Waals surface area contributed by atoms with Crippen LogP contribution in [-0.4, -0.2) is 42.9 Å². The molecule has 0 aromatic heterocycles. The van der Waals surface area contributed by atoms with Gasteiger partial charge in [0.15, 0.2) is 0 Å². The lowest BCUT2D eigenvalue weighted by Crippen LogP contribution is -2.36. The maximum Gasteiger partial charge on any atom is 0.118 e. The van der Waals surface area contributed by atoms with Crippen LogP contribution in [0.25, 0.3) is 6.08 Å². The van der Waals surface area contributed by atoms with Crippen LogP contribution in [0.5, 0.6) is 5.75 Å². The van der Waals surface area contributed by atoms with Crippen LogP contribution < -0.4 is 4.74 Å². The summed E-state index contributed by atoms with van der Waals surface area (Å²) in [6.45, 7) is 7.25. The number of hydrogen-bond donors (Lipinski definition) is 1. The molecular weight excluding hydrogens is 238 g/mol. The Labute approximate surface area is 116 Å². The molecule has 0 atom stereocenters. The van der Waals surface area contributed by atoms with Crippen LogP contribution in [0.15, 0.2) is 29.8 Å². The van der Waals surface area contributed by atoms with Gasteiger partial charge in [0, 0.05) is 13.1 Å². The molecule has 0 heterocycles. The molecule has 1 aromatic carbocycles. The zero-order valence-electron chi connectivity index (χ0n) is 12.6. The van der Waals surface area contributed by atoms with Crippen LogP contribution in [-0.2, 0) is 0 Å². The van der Waals surface area contributed by atoms with Gasteiger partial charge in [0.25, 0.3) is 0 Å². The summed E-state index contributed by atoms with van der Waals surface area (Å²) >= 11 is 0. The highest BCUT2D eigenvalue weighted by atomic mass is 16.5. The molecule has 0 aliphatic heterocycles. The summed E-state index contributed by atoms with van der Waals surface area (Å²) in [5, 5.41) is 9.77. The molecule has 0 aliphatic carbocycles. The third-order valence-electron chi connectivity index (χ3n) is 2.71. The zero-order valence-corrected chi connectivity index (χ0v) is 12.6. The Balaban J connectivity index is 2.60. The van der Waals surface area contributed by atoms with Gasteiger partial charge in [-0.25, -0.2) is 0 Å². The smallest absolute Gasteiger partial charge is 0.118 e. The van der Waals surface area contributed by atoms with Crippen molar-refractivity contribution in [3.05, 3.63) is 35.4 Å². The largest absolute Gasteiger partial charge is 0.497 e. The second-order valence-corrected chi connectivity index (χ2v) is 5.75. The van der Waals surface area contributed by atoms with Crippen LogP contribution in [0, 0.1) is 0 Å². The lowest BCUT2D eigenvalue weighted by molar-refractivity contribution is 0.0473. The third kappa shape index (κ3) is 6.41. The second-order valence-electron chi connectivity index (χ2n) is 5.75. The maximum absolute atomic E-state index is 9.77. The van der Waals surface area contributed by atoms with Gasteiger partial charge in [0.2, 0.25) is 0 Å². The molecule has 0 fully saturated rings.